The molecule has 4 heteroatoms. The summed E-state index contributed by atoms with van der Waals surface area (Å²) in [7, 11) is 0. The average Bonchev–Trinajstić information content (AvgIpc) is 2.67. The predicted octanol–water partition coefficient (Wildman–Crippen LogP) is 5.17. The Morgan fingerprint density at radius 2 is 1.19 bits per heavy atom. The molecule has 0 aromatic heterocycles. The maximum absolute atomic E-state index is 9.68. The number of aliphatic hydroxyl groups excluding tert-OH is 1. The first-order chi connectivity index (χ1) is 13.3. The van der Waals surface area contributed by atoms with Crippen LogP contribution in [0.2, 0.25) is 0 Å². The molecule has 0 spiro atoms. The van der Waals surface area contributed by atoms with Crippen molar-refractivity contribution in [2.24, 2.45) is 5.73 Å². The molecule has 0 aromatic carbocycles. The Balaban J connectivity index is 3.05. The van der Waals surface area contributed by atoms with E-state index in [1.807, 2.05) is 0 Å². The molecule has 0 aromatic rings. The predicted molar refractivity (Wildman–Crippen MR) is 118 cm³/mol. The highest BCUT2D eigenvalue weighted by Gasteiger charge is 2.02. The quantitative estimate of drug-likeness (QED) is 0.212. The molecular formula is C23H50N2O2. The van der Waals surface area contributed by atoms with Gasteiger partial charge in [-0.3, -0.25) is 0 Å². The highest BCUT2D eigenvalue weighted by molar-refractivity contribution is 4.58. The van der Waals surface area contributed by atoms with Crippen LogP contribution >= 0.6 is 0 Å². The van der Waals surface area contributed by atoms with Crippen molar-refractivity contribution in [3.05, 3.63) is 0 Å². The number of hydrogen-bond donors (Lipinski definition) is 3. The summed E-state index contributed by atoms with van der Waals surface area (Å²) in [5.74, 6) is 0. The van der Waals surface area contributed by atoms with E-state index in [2.05, 4.69) is 12.2 Å². The molecule has 0 amide bonds. The molecule has 1 atom stereocenters. The van der Waals surface area contributed by atoms with Crippen molar-refractivity contribution in [2.75, 3.05) is 32.8 Å². The zero-order chi connectivity index (χ0) is 19.8. The van der Waals surface area contributed by atoms with Gasteiger partial charge in [-0.05, 0) is 6.42 Å². The molecule has 27 heavy (non-hydrogen) atoms. The molecule has 0 heterocycles. The molecule has 0 aliphatic rings. The van der Waals surface area contributed by atoms with E-state index >= 15 is 0 Å². The SMILES string of the molecule is CCCCCCCCCCCCCCCCCCOCC(O)CNCCN. The molecule has 4 nitrogen and oxygen atoms in total. The number of nitrogens with two attached hydrogens (primary N) is 1. The van der Waals surface area contributed by atoms with Gasteiger partial charge >= 0.3 is 0 Å². The van der Waals surface area contributed by atoms with Crippen molar-refractivity contribution in [1.82, 2.24) is 5.32 Å². The largest absolute Gasteiger partial charge is 0.389 e. The zero-order valence-corrected chi connectivity index (χ0v) is 18.4. The van der Waals surface area contributed by atoms with E-state index in [1.54, 1.807) is 0 Å². The van der Waals surface area contributed by atoms with Crippen molar-refractivity contribution in [2.45, 2.75) is 116 Å². The Labute approximate surface area is 170 Å². The van der Waals surface area contributed by atoms with E-state index in [-0.39, 0.29) is 0 Å². The number of nitrogens with one attached hydrogen (secondary N) is 1. The lowest BCUT2D eigenvalue weighted by molar-refractivity contribution is 0.0356. The third-order valence-electron chi connectivity index (χ3n) is 5.15. The minimum atomic E-state index is -0.419. The standard InChI is InChI=1S/C23H50N2O2/c1-2-3-4-5-6-7-8-9-10-11-12-13-14-15-16-17-20-27-22-23(26)21-25-19-18-24/h23,25-26H,2-22,24H2,1H3. The second kappa shape index (κ2) is 23.9. The Kier molecular flexibility index (Phi) is 23.7. The number of hydrogen-bond acceptors (Lipinski definition) is 4. The van der Waals surface area contributed by atoms with Crippen LogP contribution in [0.5, 0.6) is 0 Å². The lowest BCUT2D eigenvalue weighted by Crippen LogP contribution is -2.33. The highest BCUT2D eigenvalue weighted by atomic mass is 16.5. The van der Waals surface area contributed by atoms with Gasteiger partial charge in [-0.25, -0.2) is 0 Å². The number of rotatable bonds is 23. The Morgan fingerprint density at radius 3 is 1.63 bits per heavy atom. The van der Waals surface area contributed by atoms with Crippen LogP contribution < -0.4 is 11.1 Å². The Morgan fingerprint density at radius 1 is 0.741 bits per heavy atom. The van der Waals surface area contributed by atoms with E-state index in [0.717, 1.165) is 19.6 Å². The summed E-state index contributed by atoms with van der Waals surface area (Å²) in [4.78, 5) is 0. The van der Waals surface area contributed by atoms with Crippen molar-refractivity contribution in [3.63, 3.8) is 0 Å². The first-order valence-corrected chi connectivity index (χ1v) is 12.0. The molecule has 0 aliphatic heterocycles. The summed E-state index contributed by atoms with van der Waals surface area (Å²) in [6.07, 6.45) is 21.8. The topological polar surface area (TPSA) is 67.5 Å². The highest BCUT2D eigenvalue weighted by Crippen LogP contribution is 2.13. The second-order valence-electron chi connectivity index (χ2n) is 8.02. The molecule has 1 unspecified atom stereocenters. The number of unbranched alkanes of at least 4 members (excludes halogenated alkanes) is 15. The fraction of sp³-hybridized carbons (Fsp3) is 1.00. The average molecular weight is 387 g/mol. The van der Waals surface area contributed by atoms with E-state index < -0.39 is 6.10 Å². The van der Waals surface area contributed by atoms with Crippen molar-refractivity contribution in [3.8, 4) is 0 Å². The molecule has 0 rings (SSSR count). The summed E-state index contributed by atoms with van der Waals surface area (Å²) < 4.78 is 5.52. The second-order valence-corrected chi connectivity index (χ2v) is 8.02. The third-order valence-corrected chi connectivity index (χ3v) is 5.15. The normalized spacial score (nSPS) is 12.6. The first-order valence-electron chi connectivity index (χ1n) is 12.0. The van der Waals surface area contributed by atoms with Crippen LogP contribution in [0.3, 0.4) is 0 Å². The van der Waals surface area contributed by atoms with Gasteiger partial charge in [0, 0.05) is 26.2 Å². The summed E-state index contributed by atoms with van der Waals surface area (Å²) in [5, 5.41) is 12.8. The summed E-state index contributed by atoms with van der Waals surface area (Å²) in [6.45, 7) is 5.40. The molecule has 0 fully saturated rings. The van der Waals surface area contributed by atoms with Gasteiger partial charge in [-0.15, -0.1) is 0 Å². The van der Waals surface area contributed by atoms with E-state index in [0.29, 0.717) is 19.7 Å². The van der Waals surface area contributed by atoms with Crippen molar-refractivity contribution >= 4 is 0 Å². The van der Waals surface area contributed by atoms with Crippen LogP contribution in [-0.2, 0) is 4.74 Å². The third kappa shape index (κ3) is 23.8. The van der Waals surface area contributed by atoms with Gasteiger partial charge in [0.2, 0.25) is 0 Å². The molecule has 0 aliphatic carbocycles. The van der Waals surface area contributed by atoms with E-state index in [4.69, 9.17) is 10.5 Å². The van der Waals surface area contributed by atoms with Crippen molar-refractivity contribution < 1.29 is 9.84 Å². The molecule has 0 bridgehead atoms. The monoisotopic (exact) mass is 386 g/mol. The van der Waals surface area contributed by atoms with Gasteiger partial charge in [-0.1, -0.05) is 103 Å². The lowest BCUT2D eigenvalue weighted by atomic mass is 10.0. The van der Waals surface area contributed by atoms with Crippen LogP contribution in [0.4, 0.5) is 0 Å². The molecule has 0 saturated heterocycles. The molecule has 164 valence electrons. The van der Waals surface area contributed by atoms with Gasteiger partial charge in [0.05, 0.1) is 12.7 Å². The number of aliphatic hydroxyl groups is 1. The molecule has 4 N–H and O–H groups in total. The summed E-state index contributed by atoms with van der Waals surface area (Å²) >= 11 is 0. The Hall–Kier alpha value is -0.160. The minimum absolute atomic E-state index is 0.419. The van der Waals surface area contributed by atoms with E-state index in [1.165, 1.54) is 96.3 Å². The fourth-order valence-electron chi connectivity index (χ4n) is 3.40. The van der Waals surface area contributed by atoms with E-state index in [9.17, 15) is 5.11 Å². The molecular weight excluding hydrogens is 336 g/mol. The van der Waals surface area contributed by atoms with Crippen LogP contribution in [0.25, 0.3) is 0 Å². The lowest BCUT2D eigenvalue weighted by Gasteiger charge is -2.11. The first kappa shape index (κ1) is 26.8. The maximum Gasteiger partial charge on any atom is 0.0897 e. The minimum Gasteiger partial charge on any atom is -0.389 e. The van der Waals surface area contributed by atoms with Gasteiger partial charge in [0.25, 0.3) is 0 Å². The summed E-state index contributed by atoms with van der Waals surface area (Å²) in [5.41, 5.74) is 5.39. The van der Waals surface area contributed by atoms with Gasteiger partial charge in [0.1, 0.15) is 0 Å². The van der Waals surface area contributed by atoms with Gasteiger partial charge < -0.3 is 20.9 Å². The molecule has 0 saturated carbocycles. The van der Waals surface area contributed by atoms with Crippen LogP contribution in [-0.4, -0.2) is 44.1 Å². The van der Waals surface area contributed by atoms with Crippen LogP contribution in [0.15, 0.2) is 0 Å². The number of ether oxygens (including phenoxy) is 1. The van der Waals surface area contributed by atoms with Crippen LogP contribution in [0.1, 0.15) is 110 Å². The van der Waals surface area contributed by atoms with Crippen LogP contribution in [0, 0.1) is 0 Å². The fourth-order valence-corrected chi connectivity index (χ4v) is 3.40. The maximum atomic E-state index is 9.68. The smallest absolute Gasteiger partial charge is 0.0897 e. The van der Waals surface area contributed by atoms with Gasteiger partial charge in [-0.2, -0.15) is 0 Å². The van der Waals surface area contributed by atoms with Crippen molar-refractivity contribution in [1.29, 1.82) is 0 Å². The zero-order valence-electron chi connectivity index (χ0n) is 18.4. The van der Waals surface area contributed by atoms with Gasteiger partial charge in [0.15, 0.2) is 0 Å². The Bertz CT molecular complexity index is 265. The molecule has 0 radical (unpaired) electrons. The summed E-state index contributed by atoms with van der Waals surface area (Å²) in [6, 6.07) is 0.